The summed E-state index contributed by atoms with van der Waals surface area (Å²) < 4.78 is 0. The fourth-order valence-corrected chi connectivity index (χ4v) is 3.37. The van der Waals surface area contributed by atoms with Crippen LogP contribution in [0.15, 0.2) is 0 Å². The van der Waals surface area contributed by atoms with E-state index in [1.54, 1.807) is 0 Å². The van der Waals surface area contributed by atoms with E-state index in [9.17, 15) is 4.79 Å². The molecule has 2 atom stereocenters. The van der Waals surface area contributed by atoms with E-state index in [1.165, 1.54) is 19.4 Å². The molecule has 1 heterocycles. The second kappa shape index (κ2) is 4.52. The number of carbonyl (C=O) groups is 1. The molecule has 86 valence electrons. The zero-order chi connectivity index (χ0) is 10.8. The molecule has 2 unspecified atom stereocenters. The molecule has 1 aliphatic carbocycles. The van der Waals surface area contributed by atoms with Gasteiger partial charge in [-0.1, -0.05) is 6.92 Å². The Morgan fingerprint density at radius 3 is 2.33 bits per heavy atom. The maximum atomic E-state index is 11.0. The lowest BCUT2D eigenvalue weighted by molar-refractivity contribution is -0.145. The van der Waals surface area contributed by atoms with Crippen molar-refractivity contribution in [2.45, 2.75) is 32.6 Å². The highest BCUT2D eigenvalue weighted by Crippen LogP contribution is 2.37. The molecule has 2 bridgehead atoms. The average molecular weight is 211 g/mol. The van der Waals surface area contributed by atoms with Crippen molar-refractivity contribution < 1.29 is 9.90 Å². The van der Waals surface area contributed by atoms with Crippen LogP contribution in [-0.2, 0) is 4.79 Å². The Balaban J connectivity index is 1.93. The Morgan fingerprint density at radius 1 is 1.27 bits per heavy atom. The van der Waals surface area contributed by atoms with Crippen molar-refractivity contribution >= 4 is 5.97 Å². The summed E-state index contributed by atoms with van der Waals surface area (Å²) in [7, 11) is 0. The summed E-state index contributed by atoms with van der Waals surface area (Å²) in [5, 5.41) is 9.05. The van der Waals surface area contributed by atoms with Gasteiger partial charge in [0, 0.05) is 13.1 Å². The first kappa shape index (κ1) is 10.9. The number of rotatable bonds is 3. The lowest BCUT2D eigenvalue weighted by Gasteiger charge is -2.43. The maximum Gasteiger partial charge on any atom is 0.306 e. The second-order valence-electron chi connectivity index (χ2n) is 5.23. The minimum atomic E-state index is -0.575. The molecule has 3 heteroatoms. The second-order valence-corrected chi connectivity index (χ2v) is 5.23. The van der Waals surface area contributed by atoms with Gasteiger partial charge in [0.05, 0.1) is 5.92 Å². The van der Waals surface area contributed by atoms with Crippen molar-refractivity contribution in [2.75, 3.05) is 19.6 Å². The highest BCUT2D eigenvalue weighted by Gasteiger charge is 2.37. The summed E-state index contributed by atoms with van der Waals surface area (Å²) in [6.07, 6.45) is 4.30. The number of carboxylic acids is 1. The highest BCUT2D eigenvalue weighted by atomic mass is 16.4. The molecule has 2 fully saturated rings. The van der Waals surface area contributed by atoms with E-state index in [0.717, 1.165) is 25.9 Å². The van der Waals surface area contributed by atoms with Crippen LogP contribution in [0, 0.1) is 17.8 Å². The van der Waals surface area contributed by atoms with Gasteiger partial charge in [-0.25, -0.2) is 0 Å². The third-order valence-corrected chi connectivity index (χ3v) is 3.82. The number of carboxylic acid groups (broad SMARTS) is 1. The van der Waals surface area contributed by atoms with E-state index < -0.39 is 5.97 Å². The smallest absolute Gasteiger partial charge is 0.306 e. The summed E-state index contributed by atoms with van der Waals surface area (Å²) in [5.74, 6) is 0.654. The van der Waals surface area contributed by atoms with Crippen LogP contribution < -0.4 is 0 Å². The zero-order valence-corrected chi connectivity index (χ0v) is 9.48. The lowest BCUT2D eigenvalue weighted by atomic mass is 9.72. The molecule has 0 aromatic rings. The monoisotopic (exact) mass is 211 g/mol. The summed E-state index contributed by atoms with van der Waals surface area (Å²) >= 11 is 0. The van der Waals surface area contributed by atoms with Gasteiger partial charge < -0.3 is 10.0 Å². The van der Waals surface area contributed by atoms with Gasteiger partial charge >= 0.3 is 5.97 Å². The number of hydrogen-bond acceptors (Lipinski definition) is 2. The van der Waals surface area contributed by atoms with Crippen molar-refractivity contribution in [3.63, 3.8) is 0 Å². The minimum absolute atomic E-state index is 0.0578. The van der Waals surface area contributed by atoms with Crippen molar-refractivity contribution in [1.82, 2.24) is 4.90 Å². The van der Waals surface area contributed by atoms with Crippen molar-refractivity contribution in [3.8, 4) is 0 Å². The summed E-state index contributed by atoms with van der Waals surface area (Å²) in [6.45, 7) is 5.66. The Morgan fingerprint density at radius 2 is 1.87 bits per heavy atom. The van der Waals surface area contributed by atoms with Gasteiger partial charge in [0.1, 0.15) is 0 Å². The van der Waals surface area contributed by atoms with Gasteiger partial charge in [0.25, 0.3) is 0 Å². The van der Waals surface area contributed by atoms with Gasteiger partial charge in [0.2, 0.25) is 0 Å². The Bertz CT molecular complexity index is 228. The largest absolute Gasteiger partial charge is 0.481 e. The first-order valence-electron chi connectivity index (χ1n) is 6.14. The number of aliphatic carboxylic acids is 1. The fraction of sp³-hybridized carbons (Fsp3) is 0.917. The van der Waals surface area contributed by atoms with E-state index >= 15 is 0 Å². The number of nitrogens with zero attached hydrogens (tertiary/aromatic N) is 1. The van der Waals surface area contributed by atoms with Gasteiger partial charge in [-0.15, -0.1) is 0 Å². The molecule has 1 saturated carbocycles. The zero-order valence-electron chi connectivity index (χ0n) is 9.48. The van der Waals surface area contributed by atoms with Gasteiger partial charge in [-0.3, -0.25) is 4.79 Å². The van der Waals surface area contributed by atoms with Crippen LogP contribution >= 0.6 is 0 Å². The van der Waals surface area contributed by atoms with Crippen molar-refractivity contribution in [3.05, 3.63) is 0 Å². The Kier molecular flexibility index (Phi) is 3.29. The minimum Gasteiger partial charge on any atom is -0.481 e. The number of piperidine rings is 1. The SMILES string of the molecule is CCCN1CC2CC(CC(C(=O)O)C2)C1. The van der Waals surface area contributed by atoms with Crippen LogP contribution in [0.25, 0.3) is 0 Å². The Labute approximate surface area is 91.5 Å². The normalized spacial score (nSPS) is 36.5. The molecule has 0 aromatic carbocycles. The molecule has 3 nitrogen and oxygen atoms in total. The van der Waals surface area contributed by atoms with E-state index in [1.807, 2.05) is 0 Å². The summed E-state index contributed by atoms with van der Waals surface area (Å²) in [5.41, 5.74) is 0. The summed E-state index contributed by atoms with van der Waals surface area (Å²) in [6, 6.07) is 0. The molecule has 2 aliphatic rings. The number of likely N-dealkylation sites (tertiary alicyclic amines) is 1. The van der Waals surface area contributed by atoms with Gasteiger partial charge in [0.15, 0.2) is 0 Å². The molecular formula is C12H21NO2. The third kappa shape index (κ3) is 2.51. The molecule has 15 heavy (non-hydrogen) atoms. The molecule has 1 saturated heterocycles. The molecule has 0 radical (unpaired) electrons. The number of fused-ring (bicyclic) bond motifs is 2. The molecule has 1 N–H and O–H groups in total. The lowest BCUT2D eigenvalue weighted by Crippen LogP contribution is -2.45. The van der Waals surface area contributed by atoms with Crippen molar-refractivity contribution in [1.29, 1.82) is 0 Å². The summed E-state index contributed by atoms with van der Waals surface area (Å²) in [4.78, 5) is 13.5. The van der Waals surface area contributed by atoms with Crippen LogP contribution in [0.3, 0.4) is 0 Å². The molecule has 0 amide bonds. The first-order chi connectivity index (χ1) is 7.19. The third-order valence-electron chi connectivity index (χ3n) is 3.82. The predicted octanol–water partition coefficient (Wildman–Crippen LogP) is 1.83. The molecule has 0 aromatic heterocycles. The van der Waals surface area contributed by atoms with Crippen LogP contribution in [0.4, 0.5) is 0 Å². The highest BCUT2D eigenvalue weighted by molar-refractivity contribution is 5.70. The Hall–Kier alpha value is -0.570. The van der Waals surface area contributed by atoms with Gasteiger partial charge in [-0.05, 0) is 44.1 Å². The molecule has 0 spiro atoms. The van der Waals surface area contributed by atoms with Crippen LogP contribution in [0.1, 0.15) is 32.6 Å². The topological polar surface area (TPSA) is 40.5 Å². The number of hydrogen-bond donors (Lipinski definition) is 1. The van der Waals surface area contributed by atoms with E-state index in [4.69, 9.17) is 5.11 Å². The van der Waals surface area contributed by atoms with Crippen LogP contribution in [-0.4, -0.2) is 35.6 Å². The maximum absolute atomic E-state index is 11.0. The molecule has 1 aliphatic heterocycles. The molecule has 2 rings (SSSR count). The van der Waals surface area contributed by atoms with E-state index in [2.05, 4.69) is 11.8 Å². The van der Waals surface area contributed by atoms with E-state index in [0.29, 0.717) is 11.8 Å². The van der Waals surface area contributed by atoms with Crippen LogP contribution in [0.5, 0.6) is 0 Å². The first-order valence-corrected chi connectivity index (χ1v) is 6.14. The standard InChI is InChI=1S/C12H21NO2/c1-2-3-13-7-9-4-10(8-13)6-11(5-9)12(14)15/h9-11H,2-8H2,1H3,(H,14,15). The predicted molar refractivity (Wildman–Crippen MR) is 58.7 cm³/mol. The van der Waals surface area contributed by atoms with Crippen LogP contribution in [0.2, 0.25) is 0 Å². The fourth-order valence-electron chi connectivity index (χ4n) is 3.37. The quantitative estimate of drug-likeness (QED) is 0.774. The average Bonchev–Trinajstić information content (AvgIpc) is 2.16. The van der Waals surface area contributed by atoms with Gasteiger partial charge in [-0.2, -0.15) is 0 Å². The van der Waals surface area contributed by atoms with E-state index in [-0.39, 0.29) is 5.92 Å². The molecular weight excluding hydrogens is 190 g/mol. The van der Waals surface area contributed by atoms with Crippen molar-refractivity contribution in [2.24, 2.45) is 17.8 Å².